The maximum Gasteiger partial charge on any atom is 0.247 e. The van der Waals surface area contributed by atoms with Gasteiger partial charge in [-0.2, -0.15) is 0 Å². The van der Waals surface area contributed by atoms with Gasteiger partial charge in [0.1, 0.15) is 10.8 Å². The van der Waals surface area contributed by atoms with Crippen molar-refractivity contribution < 1.29 is 0 Å². The highest BCUT2D eigenvalue weighted by Gasteiger charge is 2.04. The van der Waals surface area contributed by atoms with Gasteiger partial charge in [-0.05, 0) is 6.07 Å². The zero-order valence-electron chi connectivity index (χ0n) is 6.54. The van der Waals surface area contributed by atoms with E-state index in [0.29, 0.717) is 10.8 Å². The van der Waals surface area contributed by atoms with E-state index in [9.17, 15) is 4.79 Å². The van der Waals surface area contributed by atoms with E-state index in [2.05, 4.69) is 15.0 Å². The molecule has 0 saturated carbocycles. The van der Waals surface area contributed by atoms with E-state index in [1.165, 1.54) is 12.4 Å². The molecule has 0 unspecified atom stereocenters. The van der Waals surface area contributed by atoms with Gasteiger partial charge in [0, 0.05) is 17.8 Å². The third kappa shape index (κ3) is 1.48. The molecule has 0 aliphatic carbocycles. The fraction of sp³-hybridized carbons (Fsp3) is 0. The number of pyridine rings is 1. The molecular formula is C8H6ClN3O. The van der Waals surface area contributed by atoms with Gasteiger partial charge in [0.25, 0.3) is 0 Å². The standard InChI is InChI=1S/C8H6ClN3O/c9-8-7(11-4-12-8)5-1-2-6(13)10-3-5/h1-4H,(H,10,13)(H,11,12). The highest BCUT2D eigenvalue weighted by atomic mass is 35.5. The monoisotopic (exact) mass is 195 g/mol. The van der Waals surface area contributed by atoms with Crippen LogP contribution in [0.15, 0.2) is 29.5 Å². The van der Waals surface area contributed by atoms with Gasteiger partial charge in [0.15, 0.2) is 0 Å². The summed E-state index contributed by atoms with van der Waals surface area (Å²) in [7, 11) is 0. The summed E-state index contributed by atoms with van der Waals surface area (Å²) in [5.41, 5.74) is 1.28. The van der Waals surface area contributed by atoms with Crippen LogP contribution in [0.3, 0.4) is 0 Å². The van der Waals surface area contributed by atoms with Crippen molar-refractivity contribution in [2.45, 2.75) is 0 Å². The lowest BCUT2D eigenvalue weighted by Gasteiger charge is -1.94. The summed E-state index contributed by atoms with van der Waals surface area (Å²) in [6.07, 6.45) is 3.08. The Morgan fingerprint density at radius 2 is 2.15 bits per heavy atom. The number of imidazole rings is 1. The van der Waals surface area contributed by atoms with Crippen molar-refractivity contribution in [1.29, 1.82) is 0 Å². The normalized spacial score (nSPS) is 10.2. The first-order valence-corrected chi connectivity index (χ1v) is 4.03. The third-order valence-electron chi connectivity index (χ3n) is 1.65. The Kier molecular flexibility index (Phi) is 1.90. The van der Waals surface area contributed by atoms with Gasteiger partial charge in [-0.1, -0.05) is 11.6 Å². The number of halogens is 1. The first kappa shape index (κ1) is 8.07. The highest BCUT2D eigenvalue weighted by molar-refractivity contribution is 6.31. The number of hydrogen-bond donors (Lipinski definition) is 2. The Bertz CT molecular complexity index is 454. The van der Waals surface area contributed by atoms with Gasteiger partial charge in [0.2, 0.25) is 5.56 Å². The van der Waals surface area contributed by atoms with Crippen LogP contribution >= 0.6 is 11.6 Å². The Labute approximate surface area is 78.6 Å². The third-order valence-corrected chi connectivity index (χ3v) is 1.94. The van der Waals surface area contributed by atoms with Crippen LogP contribution < -0.4 is 5.56 Å². The number of nitrogens with one attached hydrogen (secondary N) is 2. The van der Waals surface area contributed by atoms with E-state index in [1.54, 1.807) is 12.3 Å². The number of rotatable bonds is 1. The van der Waals surface area contributed by atoms with Gasteiger partial charge in [-0.15, -0.1) is 0 Å². The van der Waals surface area contributed by atoms with Gasteiger partial charge >= 0.3 is 0 Å². The SMILES string of the molecule is O=c1ccc(-c2nc[nH]c2Cl)c[nH]1. The predicted octanol–water partition coefficient (Wildman–Crippen LogP) is 1.42. The fourth-order valence-electron chi connectivity index (χ4n) is 1.04. The maximum absolute atomic E-state index is 10.8. The first-order valence-electron chi connectivity index (χ1n) is 3.65. The van der Waals surface area contributed by atoms with Crippen molar-refractivity contribution in [2.75, 3.05) is 0 Å². The molecule has 2 aromatic rings. The molecule has 0 amide bonds. The highest BCUT2D eigenvalue weighted by Crippen LogP contribution is 2.21. The Morgan fingerprint density at radius 3 is 2.69 bits per heavy atom. The minimum Gasteiger partial charge on any atom is -0.335 e. The zero-order valence-corrected chi connectivity index (χ0v) is 7.30. The predicted molar refractivity (Wildman–Crippen MR) is 49.7 cm³/mol. The Balaban J connectivity index is 2.53. The zero-order chi connectivity index (χ0) is 9.26. The summed E-state index contributed by atoms with van der Waals surface area (Å²) in [6.45, 7) is 0. The van der Waals surface area contributed by atoms with Crippen molar-refractivity contribution in [1.82, 2.24) is 15.0 Å². The van der Waals surface area contributed by atoms with E-state index in [0.717, 1.165) is 5.56 Å². The van der Waals surface area contributed by atoms with Crippen LogP contribution in [0, 0.1) is 0 Å². The lowest BCUT2D eigenvalue weighted by Crippen LogP contribution is -2.01. The lowest BCUT2D eigenvalue weighted by atomic mass is 10.2. The van der Waals surface area contributed by atoms with Crippen molar-refractivity contribution in [3.05, 3.63) is 40.2 Å². The lowest BCUT2D eigenvalue weighted by molar-refractivity contribution is 1.23. The molecule has 0 aliphatic rings. The van der Waals surface area contributed by atoms with E-state index >= 15 is 0 Å². The maximum atomic E-state index is 10.8. The summed E-state index contributed by atoms with van der Waals surface area (Å²) in [6, 6.07) is 3.10. The average Bonchev–Trinajstić information content (AvgIpc) is 2.53. The largest absolute Gasteiger partial charge is 0.335 e. The van der Waals surface area contributed by atoms with Gasteiger partial charge in [-0.3, -0.25) is 4.79 Å². The average molecular weight is 196 g/mol. The van der Waals surface area contributed by atoms with Crippen molar-refractivity contribution in [3.8, 4) is 11.3 Å². The molecule has 2 aromatic heterocycles. The van der Waals surface area contributed by atoms with Crippen LogP contribution in [0.25, 0.3) is 11.3 Å². The minimum absolute atomic E-state index is 0.143. The van der Waals surface area contributed by atoms with Crippen LogP contribution in [-0.2, 0) is 0 Å². The summed E-state index contributed by atoms with van der Waals surface area (Å²) in [5.74, 6) is 0. The van der Waals surface area contributed by atoms with E-state index in [1.807, 2.05) is 0 Å². The molecule has 0 saturated heterocycles. The smallest absolute Gasteiger partial charge is 0.247 e. The second kappa shape index (κ2) is 3.06. The Hall–Kier alpha value is -1.55. The molecule has 0 atom stereocenters. The van der Waals surface area contributed by atoms with Gasteiger partial charge in [0.05, 0.1) is 6.33 Å². The van der Waals surface area contributed by atoms with E-state index < -0.39 is 0 Å². The van der Waals surface area contributed by atoms with Crippen molar-refractivity contribution in [3.63, 3.8) is 0 Å². The second-order valence-electron chi connectivity index (χ2n) is 2.51. The number of aromatic nitrogens is 3. The summed E-state index contributed by atoms with van der Waals surface area (Å²) in [4.78, 5) is 20.1. The Morgan fingerprint density at radius 1 is 1.31 bits per heavy atom. The van der Waals surface area contributed by atoms with Gasteiger partial charge in [-0.25, -0.2) is 4.98 Å². The molecule has 2 N–H and O–H groups in total. The summed E-state index contributed by atoms with van der Waals surface area (Å²) >= 11 is 5.80. The quantitative estimate of drug-likeness (QED) is 0.723. The van der Waals surface area contributed by atoms with E-state index in [-0.39, 0.29) is 5.56 Å². The molecule has 0 spiro atoms. The second-order valence-corrected chi connectivity index (χ2v) is 2.88. The molecule has 0 radical (unpaired) electrons. The number of nitrogens with zero attached hydrogens (tertiary/aromatic N) is 1. The van der Waals surface area contributed by atoms with Crippen LogP contribution in [0.5, 0.6) is 0 Å². The molecule has 0 aromatic carbocycles. The molecule has 0 bridgehead atoms. The van der Waals surface area contributed by atoms with Crippen LogP contribution in [0.1, 0.15) is 0 Å². The molecule has 2 heterocycles. The minimum atomic E-state index is -0.143. The van der Waals surface area contributed by atoms with Crippen LogP contribution in [-0.4, -0.2) is 15.0 Å². The molecular weight excluding hydrogens is 190 g/mol. The van der Waals surface area contributed by atoms with Crippen molar-refractivity contribution in [2.24, 2.45) is 0 Å². The molecule has 4 nitrogen and oxygen atoms in total. The first-order chi connectivity index (χ1) is 6.27. The summed E-state index contributed by atoms with van der Waals surface area (Å²) in [5, 5.41) is 0.465. The molecule has 0 aliphatic heterocycles. The van der Waals surface area contributed by atoms with Crippen LogP contribution in [0.4, 0.5) is 0 Å². The topological polar surface area (TPSA) is 61.5 Å². The number of hydrogen-bond acceptors (Lipinski definition) is 2. The van der Waals surface area contributed by atoms with Gasteiger partial charge < -0.3 is 9.97 Å². The molecule has 13 heavy (non-hydrogen) atoms. The van der Waals surface area contributed by atoms with Crippen LogP contribution in [0.2, 0.25) is 5.15 Å². The van der Waals surface area contributed by atoms with E-state index in [4.69, 9.17) is 11.6 Å². The van der Waals surface area contributed by atoms with Crippen molar-refractivity contribution >= 4 is 11.6 Å². The molecule has 2 rings (SSSR count). The fourth-order valence-corrected chi connectivity index (χ4v) is 1.24. The summed E-state index contributed by atoms with van der Waals surface area (Å²) < 4.78 is 0. The molecule has 66 valence electrons. The number of H-pyrrole nitrogens is 2. The molecule has 5 heteroatoms. The molecule has 0 fully saturated rings. The number of aromatic amines is 2.